The second kappa shape index (κ2) is 6.54. The molecule has 0 fully saturated rings. The number of rotatable bonds is 5. The zero-order valence-corrected chi connectivity index (χ0v) is 12.0. The molecule has 0 unspecified atom stereocenters. The average molecular weight is 314 g/mol. The van der Waals surface area contributed by atoms with Gasteiger partial charge in [0.1, 0.15) is 6.54 Å². The molecule has 18 heavy (non-hydrogen) atoms. The fraction of sp³-hybridized carbons (Fsp3) is 0.385. The maximum Gasteiger partial charge on any atom is 0.323 e. The smallest absolute Gasteiger partial charge is 0.323 e. The van der Waals surface area contributed by atoms with Gasteiger partial charge in [0.15, 0.2) is 0 Å². The van der Waals surface area contributed by atoms with E-state index in [2.05, 4.69) is 15.9 Å². The van der Waals surface area contributed by atoms with Gasteiger partial charge in [-0.15, -0.1) is 0 Å². The monoisotopic (exact) mass is 313 g/mol. The number of carboxylic acids is 1. The summed E-state index contributed by atoms with van der Waals surface area (Å²) in [6.07, 6.45) is 0.728. The second-order valence-electron chi connectivity index (χ2n) is 4.08. The van der Waals surface area contributed by atoms with Gasteiger partial charge in [0.05, 0.1) is 0 Å². The summed E-state index contributed by atoms with van der Waals surface area (Å²) in [4.78, 5) is 24.3. The SMILES string of the molecule is CCCN(CC(=O)O)C(=O)c1ccc(C)c(Br)c1. The van der Waals surface area contributed by atoms with Crippen molar-refractivity contribution >= 4 is 27.8 Å². The third kappa shape index (κ3) is 3.84. The van der Waals surface area contributed by atoms with E-state index in [4.69, 9.17) is 5.11 Å². The minimum Gasteiger partial charge on any atom is -0.480 e. The van der Waals surface area contributed by atoms with Gasteiger partial charge < -0.3 is 10.0 Å². The molecule has 0 radical (unpaired) electrons. The molecular weight excluding hydrogens is 298 g/mol. The van der Waals surface area contributed by atoms with Gasteiger partial charge in [-0.2, -0.15) is 0 Å². The van der Waals surface area contributed by atoms with E-state index < -0.39 is 5.97 Å². The highest BCUT2D eigenvalue weighted by atomic mass is 79.9. The molecule has 0 saturated heterocycles. The van der Waals surface area contributed by atoms with Crippen LogP contribution in [0, 0.1) is 6.92 Å². The van der Waals surface area contributed by atoms with Crippen molar-refractivity contribution in [2.45, 2.75) is 20.3 Å². The van der Waals surface area contributed by atoms with Crippen LogP contribution < -0.4 is 0 Å². The largest absolute Gasteiger partial charge is 0.480 e. The predicted octanol–water partition coefficient (Wildman–Crippen LogP) is 2.69. The van der Waals surface area contributed by atoms with E-state index in [1.165, 1.54) is 4.90 Å². The molecule has 0 aliphatic carbocycles. The van der Waals surface area contributed by atoms with Gasteiger partial charge >= 0.3 is 5.97 Å². The Bertz CT molecular complexity index is 460. The maximum absolute atomic E-state index is 12.2. The van der Waals surface area contributed by atoms with Crippen molar-refractivity contribution in [3.8, 4) is 0 Å². The first-order valence-corrected chi connectivity index (χ1v) is 6.52. The Morgan fingerprint density at radius 2 is 2.06 bits per heavy atom. The number of amides is 1. The first-order chi connectivity index (χ1) is 8.45. The van der Waals surface area contributed by atoms with Crippen LogP contribution in [-0.4, -0.2) is 35.0 Å². The standard InChI is InChI=1S/C13H16BrNO3/c1-3-6-15(8-12(16)17)13(18)10-5-4-9(2)11(14)7-10/h4-5,7H,3,6,8H2,1-2H3,(H,16,17). The molecule has 1 amide bonds. The summed E-state index contributed by atoms with van der Waals surface area (Å²) in [5.41, 5.74) is 1.54. The highest BCUT2D eigenvalue weighted by Crippen LogP contribution is 2.18. The Morgan fingerprint density at radius 1 is 1.39 bits per heavy atom. The third-order valence-electron chi connectivity index (χ3n) is 2.53. The van der Waals surface area contributed by atoms with Crippen molar-refractivity contribution in [3.05, 3.63) is 33.8 Å². The van der Waals surface area contributed by atoms with E-state index in [0.29, 0.717) is 12.1 Å². The molecule has 0 bridgehead atoms. The number of carbonyl (C=O) groups is 2. The summed E-state index contributed by atoms with van der Waals surface area (Å²) in [6, 6.07) is 5.28. The third-order valence-corrected chi connectivity index (χ3v) is 3.38. The summed E-state index contributed by atoms with van der Waals surface area (Å²) < 4.78 is 0.847. The van der Waals surface area contributed by atoms with Crippen LogP contribution in [0.25, 0.3) is 0 Å². The van der Waals surface area contributed by atoms with Crippen LogP contribution in [0.4, 0.5) is 0 Å². The lowest BCUT2D eigenvalue weighted by Crippen LogP contribution is -2.36. The van der Waals surface area contributed by atoms with Gasteiger partial charge in [-0.3, -0.25) is 9.59 Å². The highest BCUT2D eigenvalue weighted by Gasteiger charge is 2.18. The Morgan fingerprint density at radius 3 is 2.56 bits per heavy atom. The van der Waals surface area contributed by atoms with Crippen LogP contribution >= 0.6 is 15.9 Å². The molecule has 0 aliphatic rings. The van der Waals surface area contributed by atoms with Crippen LogP contribution in [0.2, 0.25) is 0 Å². The molecule has 0 spiro atoms. The van der Waals surface area contributed by atoms with Crippen LogP contribution in [0.1, 0.15) is 29.3 Å². The summed E-state index contributed by atoms with van der Waals surface area (Å²) >= 11 is 3.37. The van der Waals surface area contributed by atoms with E-state index >= 15 is 0 Å². The average Bonchev–Trinajstić information content (AvgIpc) is 2.31. The van der Waals surface area contributed by atoms with Gasteiger partial charge in [0.25, 0.3) is 5.91 Å². The van der Waals surface area contributed by atoms with Gasteiger partial charge in [-0.1, -0.05) is 28.9 Å². The lowest BCUT2D eigenvalue weighted by molar-refractivity contribution is -0.137. The normalized spacial score (nSPS) is 10.2. The van der Waals surface area contributed by atoms with E-state index in [1.807, 2.05) is 19.9 Å². The van der Waals surface area contributed by atoms with E-state index in [9.17, 15) is 9.59 Å². The molecule has 0 heterocycles. The number of nitrogens with zero attached hydrogens (tertiary/aromatic N) is 1. The first kappa shape index (κ1) is 14.7. The van der Waals surface area contributed by atoms with Crippen molar-refractivity contribution in [3.63, 3.8) is 0 Å². The van der Waals surface area contributed by atoms with Crippen LogP contribution in [-0.2, 0) is 4.79 Å². The summed E-state index contributed by atoms with van der Waals surface area (Å²) in [5, 5.41) is 8.80. The number of aryl methyl sites for hydroxylation is 1. The lowest BCUT2D eigenvalue weighted by atomic mass is 10.1. The molecule has 1 rings (SSSR count). The second-order valence-corrected chi connectivity index (χ2v) is 4.94. The molecule has 1 N–H and O–H groups in total. The Balaban J connectivity index is 2.93. The van der Waals surface area contributed by atoms with Crippen LogP contribution in [0.5, 0.6) is 0 Å². The van der Waals surface area contributed by atoms with Gasteiger partial charge in [-0.25, -0.2) is 0 Å². The number of carbonyl (C=O) groups excluding carboxylic acids is 1. The van der Waals surface area contributed by atoms with E-state index in [1.54, 1.807) is 12.1 Å². The quantitative estimate of drug-likeness (QED) is 0.909. The fourth-order valence-electron chi connectivity index (χ4n) is 1.59. The Labute approximate surface area is 115 Å². The van der Waals surface area contributed by atoms with Crippen molar-refractivity contribution in [2.24, 2.45) is 0 Å². The van der Waals surface area contributed by atoms with Crippen molar-refractivity contribution in [1.29, 1.82) is 0 Å². The number of carboxylic acid groups (broad SMARTS) is 1. The number of hydrogen-bond donors (Lipinski definition) is 1. The summed E-state index contributed by atoms with van der Waals surface area (Å²) in [6.45, 7) is 4.02. The zero-order valence-electron chi connectivity index (χ0n) is 10.4. The number of benzene rings is 1. The zero-order chi connectivity index (χ0) is 13.7. The molecule has 0 atom stereocenters. The van der Waals surface area contributed by atoms with E-state index in [0.717, 1.165) is 16.5 Å². The molecule has 1 aromatic rings. The first-order valence-electron chi connectivity index (χ1n) is 5.73. The van der Waals surface area contributed by atoms with Gasteiger partial charge in [0.2, 0.25) is 0 Å². The number of aliphatic carboxylic acids is 1. The Hall–Kier alpha value is -1.36. The number of hydrogen-bond acceptors (Lipinski definition) is 2. The predicted molar refractivity (Wildman–Crippen MR) is 72.7 cm³/mol. The van der Waals surface area contributed by atoms with Gasteiger partial charge in [-0.05, 0) is 31.0 Å². The van der Waals surface area contributed by atoms with Crippen LogP contribution in [0.15, 0.2) is 22.7 Å². The lowest BCUT2D eigenvalue weighted by Gasteiger charge is -2.20. The molecule has 0 aliphatic heterocycles. The molecule has 5 heteroatoms. The molecule has 1 aromatic carbocycles. The van der Waals surface area contributed by atoms with Crippen molar-refractivity contribution in [2.75, 3.05) is 13.1 Å². The minimum atomic E-state index is -0.997. The maximum atomic E-state index is 12.2. The Kier molecular flexibility index (Phi) is 5.34. The fourth-order valence-corrected chi connectivity index (χ4v) is 1.97. The van der Waals surface area contributed by atoms with E-state index in [-0.39, 0.29) is 12.5 Å². The summed E-state index contributed by atoms with van der Waals surface area (Å²) in [5.74, 6) is -1.25. The van der Waals surface area contributed by atoms with Crippen molar-refractivity contribution in [1.82, 2.24) is 4.90 Å². The topological polar surface area (TPSA) is 57.6 Å². The minimum absolute atomic E-state index is 0.250. The van der Waals surface area contributed by atoms with Crippen LogP contribution in [0.3, 0.4) is 0 Å². The highest BCUT2D eigenvalue weighted by molar-refractivity contribution is 9.10. The van der Waals surface area contributed by atoms with Crippen molar-refractivity contribution < 1.29 is 14.7 Å². The molecule has 4 nitrogen and oxygen atoms in total. The molecule has 98 valence electrons. The summed E-state index contributed by atoms with van der Waals surface area (Å²) in [7, 11) is 0. The number of halogens is 1. The molecule has 0 saturated carbocycles. The molecule has 0 aromatic heterocycles. The molecular formula is C13H16BrNO3. The van der Waals surface area contributed by atoms with Gasteiger partial charge in [0, 0.05) is 16.6 Å².